The number of hydrogen-bond acceptors (Lipinski definition) is 5. The Balaban J connectivity index is 0.000000102. The van der Waals surface area contributed by atoms with E-state index in [9.17, 15) is 0 Å². The van der Waals surface area contributed by atoms with Crippen molar-refractivity contribution < 1.29 is 13.3 Å². The molecule has 0 saturated heterocycles. The zero-order valence-corrected chi connectivity index (χ0v) is 62.4. The molecule has 5 nitrogen and oxygen atoms in total. The number of fused-ring (bicyclic) bond motifs is 27. The molecule has 0 fully saturated rings. The summed E-state index contributed by atoms with van der Waals surface area (Å²) in [6, 6.07) is 143. The smallest absolute Gasteiger partial charge is 0.143 e. The van der Waals surface area contributed by atoms with Crippen molar-refractivity contribution in [2.45, 2.75) is 0 Å². The van der Waals surface area contributed by atoms with Crippen LogP contribution in [0.4, 0.5) is 17.1 Å². The SMILES string of the molecule is c1ccc(N(c2ccccc2)c2ccc(-c3cc4ccccc4c4c3ccc3c5ccccc5oc34)cc2)cc1.c1ccc2c(c1)cc(-c1ccc(-n3c4ccccc4c4ccccc43)cc1)c1ccc3c4ccccc4oc3c12.c1ccc2c(c1)cc(-c1cccc3c1sc1ccccc13)c1ccc3c4ccccc4oc3c12. The van der Waals surface area contributed by atoms with E-state index in [0.717, 1.165) is 77.8 Å². The van der Waals surface area contributed by atoms with Gasteiger partial charge >= 0.3 is 0 Å². The number of benzene rings is 20. The Hall–Kier alpha value is -14.8. The standard InChI is InChI=1S/C38H23NO.C38H25NO.C32H18OS/c1-2-10-27-25(9-1)23-33(31-21-22-32-30-13-5-8-16-36(30)40-38(32)37(27)31)24-17-19-26(20-18-24)39-34-14-6-3-11-28(34)29-12-4-7-15-35(29)39;1-3-12-28(13-4-1)39(29-14-5-2-6-15-29)30-21-19-26(20-22-30)35-25-27-11-7-8-16-31(27)37-33(35)23-24-34-32-17-9-10-18-36(32)40-38(34)37;1-2-9-20-19(8-1)18-27(26-13-7-12-25-22-11-4-6-15-29(22)34-32(25)26)23-16-17-24-21-10-3-5-14-28(21)33-31(24)30(20)23/h1-23H;1-25H;1-18H. The Labute approximate surface area is 658 Å². The van der Waals surface area contributed by atoms with Gasteiger partial charge in [0.15, 0.2) is 0 Å². The number of thiophene rings is 1. The van der Waals surface area contributed by atoms with Crippen LogP contribution in [0.15, 0.2) is 414 Å². The Bertz CT molecular complexity index is 8080. The highest BCUT2D eigenvalue weighted by atomic mass is 32.1. The van der Waals surface area contributed by atoms with Gasteiger partial charge in [-0.3, -0.25) is 0 Å². The number of hydrogen-bond donors (Lipinski definition) is 0. The van der Waals surface area contributed by atoms with Crippen LogP contribution in [0.3, 0.4) is 0 Å². The van der Waals surface area contributed by atoms with Crippen molar-refractivity contribution in [1.29, 1.82) is 0 Å². The molecule has 0 aliphatic heterocycles. The fourth-order valence-electron chi connectivity index (χ4n) is 18.1. The van der Waals surface area contributed by atoms with Crippen molar-refractivity contribution in [2.75, 3.05) is 4.90 Å². The Morgan fingerprint density at radius 1 is 0.219 bits per heavy atom. The normalized spacial score (nSPS) is 11.9. The average molecular weight is 1470 g/mol. The molecule has 0 aliphatic rings. The van der Waals surface area contributed by atoms with Crippen LogP contribution in [0.25, 0.3) is 211 Å². The number of aromatic nitrogens is 1. The molecule has 0 aliphatic carbocycles. The summed E-state index contributed by atoms with van der Waals surface area (Å²) in [5, 5.41) is 26.6. The highest BCUT2D eigenvalue weighted by Crippen LogP contribution is 2.49. The van der Waals surface area contributed by atoms with Gasteiger partial charge < -0.3 is 22.7 Å². The maximum Gasteiger partial charge on any atom is 0.143 e. The second-order valence-corrected chi connectivity index (χ2v) is 30.6. The van der Waals surface area contributed by atoms with Crippen LogP contribution in [0.2, 0.25) is 0 Å². The van der Waals surface area contributed by atoms with E-state index < -0.39 is 0 Å². The summed E-state index contributed by atoms with van der Waals surface area (Å²) in [5.41, 5.74) is 20.0. The summed E-state index contributed by atoms with van der Waals surface area (Å²) in [4.78, 5) is 2.29. The number of para-hydroxylation sites is 7. The number of rotatable bonds is 7. The predicted octanol–water partition coefficient (Wildman–Crippen LogP) is 31.6. The minimum Gasteiger partial charge on any atom is -0.455 e. The molecule has 0 saturated carbocycles. The quantitative estimate of drug-likeness (QED) is 0.149. The molecule has 0 spiro atoms. The van der Waals surface area contributed by atoms with Crippen molar-refractivity contribution >= 4 is 201 Å². The molecule has 5 aromatic heterocycles. The van der Waals surface area contributed by atoms with Gasteiger partial charge in [0.25, 0.3) is 0 Å². The second kappa shape index (κ2) is 26.5. The Morgan fingerprint density at radius 3 is 1.03 bits per heavy atom. The molecule has 6 heteroatoms. The molecule has 532 valence electrons. The molecule has 25 aromatic rings. The van der Waals surface area contributed by atoms with Gasteiger partial charge in [0, 0.05) is 108 Å². The van der Waals surface area contributed by atoms with E-state index in [1.807, 2.05) is 29.5 Å². The molecule has 0 N–H and O–H groups in total. The predicted molar refractivity (Wildman–Crippen MR) is 484 cm³/mol. The molecular weight excluding hydrogens is 1410 g/mol. The third-order valence-corrected chi connectivity index (χ3v) is 24.5. The summed E-state index contributed by atoms with van der Waals surface area (Å²) in [6.07, 6.45) is 0. The topological polar surface area (TPSA) is 47.6 Å². The molecule has 20 aromatic carbocycles. The van der Waals surface area contributed by atoms with E-state index in [-0.39, 0.29) is 0 Å². The molecule has 25 rings (SSSR count). The third kappa shape index (κ3) is 10.5. The van der Waals surface area contributed by atoms with Gasteiger partial charge in [-0.05, 0) is 198 Å². The van der Waals surface area contributed by atoms with Crippen LogP contribution >= 0.6 is 11.3 Å². The summed E-state index contributed by atoms with van der Waals surface area (Å²) < 4.78 is 24.6. The van der Waals surface area contributed by atoms with Gasteiger partial charge in [0.05, 0.1) is 11.0 Å². The first-order valence-corrected chi connectivity index (χ1v) is 39.7. The highest BCUT2D eigenvalue weighted by Gasteiger charge is 2.23. The first-order valence-electron chi connectivity index (χ1n) is 38.8. The molecule has 5 heterocycles. The van der Waals surface area contributed by atoms with Gasteiger partial charge in [-0.15, -0.1) is 11.3 Å². The van der Waals surface area contributed by atoms with E-state index in [0.29, 0.717) is 0 Å². The van der Waals surface area contributed by atoms with E-state index >= 15 is 0 Å². The molecule has 0 bridgehead atoms. The summed E-state index contributed by atoms with van der Waals surface area (Å²) >= 11 is 1.88. The fourth-order valence-corrected chi connectivity index (χ4v) is 19.4. The first kappa shape index (κ1) is 65.1. The average Bonchev–Trinajstić information content (AvgIpc) is 1.47. The second-order valence-electron chi connectivity index (χ2n) is 29.6. The molecule has 0 unspecified atom stereocenters. The summed E-state index contributed by atoms with van der Waals surface area (Å²) in [6.45, 7) is 0. The van der Waals surface area contributed by atoms with Gasteiger partial charge in [-0.1, -0.05) is 279 Å². The van der Waals surface area contributed by atoms with Crippen molar-refractivity contribution in [3.63, 3.8) is 0 Å². The minimum atomic E-state index is 0.922. The molecule has 0 radical (unpaired) electrons. The monoisotopic (exact) mass is 1470 g/mol. The van der Waals surface area contributed by atoms with E-state index in [1.165, 1.54) is 151 Å². The maximum atomic E-state index is 6.51. The van der Waals surface area contributed by atoms with Crippen LogP contribution < -0.4 is 4.90 Å². The van der Waals surface area contributed by atoms with Gasteiger partial charge in [-0.2, -0.15) is 0 Å². The number of nitrogens with zero attached hydrogens (tertiary/aromatic N) is 2. The van der Waals surface area contributed by atoms with E-state index in [1.54, 1.807) is 0 Å². The summed E-state index contributed by atoms with van der Waals surface area (Å²) in [7, 11) is 0. The molecule has 114 heavy (non-hydrogen) atoms. The molecular formula is C108H66N2O3S. The zero-order chi connectivity index (χ0) is 74.9. The molecule has 0 atom stereocenters. The lowest BCUT2D eigenvalue weighted by atomic mass is 9.91. The van der Waals surface area contributed by atoms with Crippen LogP contribution in [0, 0.1) is 0 Å². The van der Waals surface area contributed by atoms with Crippen LogP contribution in [0.1, 0.15) is 0 Å². The third-order valence-electron chi connectivity index (χ3n) is 23.3. The Morgan fingerprint density at radius 2 is 0.561 bits per heavy atom. The fraction of sp³-hybridized carbons (Fsp3) is 0. The van der Waals surface area contributed by atoms with Crippen LogP contribution in [-0.2, 0) is 0 Å². The van der Waals surface area contributed by atoms with Crippen molar-refractivity contribution in [3.05, 3.63) is 400 Å². The molecule has 0 amide bonds. The van der Waals surface area contributed by atoms with Crippen LogP contribution in [-0.4, -0.2) is 4.57 Å². The maximum absolute atomic E-state index is 6.51. The van der Waals surface area contributed by atoms with Crippen molar-refractivity contribution in [1.82, 2.24) is 4.57 Å². The van der Waals surface area contributed by atoms with Gasteiger partial charge in [0.1, 0.15) is 33.5 Å². The van der Waals surface area contributed by atoms with Gasteiger partial charge in [-0.25, -0.2) is 0 Å². The van der Waals surface area contributed by atoms with Crippen LogP contribution in [0.5, 0.6) is 0 Å². The van der Waals surface area contributed by atoms with Crippen molar-refractivity contribution in [3.8, 4) is 39.1 Å². The lowest BCUT2D eigenvalue weighted by Crippen LogP contribution is -2.09. The lowest BCUT2D eigenvalue weighted by Gasteiger charge is -2.25. The number of anilines is 3. The van der Waals surface area contributed by atoms with Crippen molar-refractivity contribution in [2.24, 2.45) is 0 Å². The Kier molecular flexibility index (Phi) is 15.1. The number of furan rings is 3. The van der Waals surface area contributed by atoms with E-state index in [2.05, 4.69) is 392 Å². The largest absolute Gasteiger partial charge is 0.455 e. The first-order chi connectivity index (χ1) is 56.6. The lowest BCUT2D eigenvalue weighted by molar-refractivity contribution is 0.672. The van der Waals surface area contributed by atoms with Gasteiger partial charge in [0.2, 0.25) is 0 Å². The van der Waals surface area contributed by atoms with E-state index in [4.69, 9.17) is 13.3 Å². The minimum absolute atomic E-state index is 0.922. The summed E-state index contributed by atoms with van der Waals surface area (Å²) in [5.74, 6) is 0. The highest BCUT2D eigenvalue weighted by molar-refractivity contribution is 7.26. The zero-order valence-electron chi connectivity index (χ0n) is 61.6.